The zero-order valence-corrected chi connectivity index (χ0v) is 9.54. The molecule has 2 heterocycles. The van der Waals surface area contributed by atoms with Crippen LogP contribution in [0.15, 0.2) is 42.7 Å². The standard InChI is InChI=1S/C13H12N4O/c14-13-10(7-16-17-13)12(18)9-5-8-3-1-2-4-11(8)15-6-9/h1-7,12,18H,(H3,14,16,17). The summed E-state index contributed by atoms with van der Waals surface area (Å²) in [6.45, 7) is 0. The van der Waals surface area contributed by atoms with Gasteiger partial charge in [-0.05, 0) is 12.1 Å². The number of aromatic nitrogens is 3. The van der Waals surface area contributed by atoms with Crippen LogP contribution < -0.4 is 5.73 Å². The van der Waals surface area contributed by atoms with E-state index in [0.717, 1.165) is 10.9 Å². The van der Waals surface area contributed by atoms with Gasteiger partial charge in [0.25, 0.3) is 0 Å². The quantitative estimate of drug-likeness (QED) is 0.635. The van der Waals surface area contributed by atoms with Gasteiger partial charge in [0.2, 0.25) is 0 Å². The van der Waals surface area contributed by atoms with Gasteiger partial charge < -0.3 is 10.8 Å². The molecular weight excluding hydrogens is 228 g/mol. The Bertz CT molecular complexity index is 692. The molecule has 0 radical (unpaired) electrons. The molecular formula is C13H12N4O. The maximum absolute atomic E-state index is 10.2. The fourth-order valence-corrected chi connectivity index (χ4v) is 1.94. The van der Waals surface area contributed by atoms with Crippen molar-refractivity contribution in [3.8, 4) is 0 Å². The Morgan fingerprint density at radius 2 is 2.06 bits per heavy atom. The first-order valence-corrected chi connectivity index (χ1v) is 5.57. The highest BCUT2D eigenvalue weighted by molar-refractivity contribution is 5.79. The minimum absolute atomic E-state index is 0.371. The first-order valence-electron chi connectivity index (χ1n) is 5.57. The molecule has 90 valence electrons. The van der Waals surface area contributed by atoms with Crippen LogP contribution in [-0.4, -0.2) is 20.3 Å². The number of aliphatic hydroxyl groups is 1. The highest BCUT2D eigenvalue weighted by Crippen LogP contribution is 2.26. The fourth-order valence-electron chi connectivity index (χ4n) is 1.94. The van der Waals surface area contributed by atoms with E-state index in [2.05, 4.69) is 15.2 Å². The summed E-state index contributed by atoms with van der Waals surface area (Å²) >= 11 is 0. The largest absolute Gasteiger partial charge is 0.384 e. The summed E-state index contributed by atoms with van der Waals surface area (Å²) in [6, 6.07) is 9.65. The average Bonchev–Trinajstić information content (AvgIpc) is 2.83. The zero-order valence-electron chi connectivity index (χ0n) is 9.54. The Morgan fingerprint density at radius 1 is 1.22 bits per heavy atom. The number of benzene rings is 1. The van der Waals surface area contributed by atoms with Crippen LogP contribution in [-0.2, 0) is 0 Å². The van der Waals surface area contributed by atoms with Crippen molar-refractivity contribution in [3.05, 3.63) is 53.9 Å². The molecule has 18 heavy (non-hydrogen) atoms. The average molecular weight is 240 g/mol. The lowest BCUT2D eigenvalue weighted by Gasteiger charge is -2.10. The maximum Gasteiger partial charge on any atom is 0.125 e. The van der Waals surface area contributed by atoms with Crippen LogP contribution in [0.5, 0.6) is 0 Å². The van der Waals surface area contributed by atoms with E-state index in [9.17, 15) is 5.11 Å². The van der Waals surface area contributed by atoms with E-state index in [1.54, 1.807) is 6.20 Å². The van der Waals surface area contributed by atoms with Crippen LogP contribution in [0.2, 0.25) is 0 Å². The number of nitrogens with two attached hydrogens (primary N) is 1. The molecule has 3 rings (SSSR count). The number of anilines is 1. The number of hydrogen-bond acceptors (Lipinski definition) is 4. The SMILES string of the molecule is Nc1[nH]ncc1C(O)c1cnc2ccccc2c1. The lowest BCUT2D eigenvalue weighted by Crippen LogP contribution is -2.02. The number of nitrogens with one attached hydrogen (secondary N) is 1. The molecule has 0 saturated carbocycles. The summed E-state index contributed by atoms with van der Waals surface area (Å²) in [5.41, 5.74) is 7.85. The lowest BCUT2D eigenvalue weighted by molar-refractivity contribution is 0.221. The van der Waals surface area contributed by atoms with Crippen molar-refractivity contribution in [1.29, 1.82) is 0 Å². The minimum Gasteiger partial charge on any atom is -0.384 e. The zero-order chi connectivity index (χ0) is 12.5. The van der Waals surface area contributed by atoms with Gasteiger partial charge in [0.1, 0.15) is 11.9 Å². The maximum atomic E-state index is 10.2. The molecule has 0 fully saturated rings. The van der Waals surface area contributed by atoms with Crippen LogP contribution in [0.4, 0.5) is 5.82 Å². The smallest absolute Gasteiger partial charge is 0.125 e. The summed E-state index contributed by atoms with van der Waals surface area (Å²) in [5.74, 6) is 0.371. The van der Waals surface area contributed by atoms with Crippen molar-refractivity contribution >= 4 is 16.7 Å². The Labute approximate surface area is 103 Å². The number of nitrogens with zero attached hydrogens (tertiary/aromatic N) is 2. The van der Waals surface area contributed by atoms with Crippen molar-refractivity contribution < 1.29 is 5.11 Å². The number of nitrogen functional groups attached to an aromatic ring is 1. The number of aliphatic hydroxyl groups excluding tert-OH is 1. The molecule has 5 heteroatoms. The van der Waals surface area contributed by atoms with E-state index in [-0.39, 0.29) is 0 Å². The summed E-state index contributed by atoms with van der Waals surface area (Å²) in [6.07, 6.45) is 2.36. The minimum atomic E-state index is -0.819. The Hall–Kier alpha value is -2.40. The third-order valence-electron chi connectivity index (χ3n) is 2.92. The lowest BCUT2D eigenvalue weighted by atomic mass is 10.0. The Morgan fingerprint density at radius 3 is 2.83 bits per heavy atom. The molecule has 0 aliphatic carbocycles. The van der Waals surface area contributed by atoms with Gasteiger partial charge >= 0.3 is 0 Å². The third kappa shape index (κ3) is 1.70. The number of hydrogen-bond donors (Lipinski definition) is 3. The first-order chi connectivity index (χ1) is 8.75. The van der Waals surface area contributed by atoms with E-state index in [1.807, 2.05) is 30.3 Å². The van der Waals surface area contributed by atoms with Gasteiger partial charge in [-0.3, -0.25) is 10.1 Å². The first kappa shape index (κ1) is 10.7. The van der Waals surface area contributed by atoms with Crippen LogP contribution in [0, 0.1) is 0 Å². The number of H-pyrrole nitrogens is 1. The third-order valence-corrected chi connectivity index (χ3v) is 2.92. The van der Waals surface area contributed by atoms with E-state index >= 15 is 0 Å². The van der Waals surface area contributed by atoms with Crippen LogP contribution in [0.1, 0.15) is 17.2 Å². The second-order valence-corrected chi connectivity index (χ2v) is 4.10. The van der Waals surface area contributed by atoms with Crippen LogP contribution in [0.3, 0.4) is 0 Å². The van der Waals surface area contributed by atoms with Gasteiger partial charge in [-0.15, -0.1) is 0 Å². The van der Waals surface area contributed by atoms with Crippen LogP contribution >= 0.6 is 0 Å². The van der Waals surface area contributed by atoms with Crippen molar-refractivity contribution in [2.75, 3.05) is 5.73 Å². The molecule has 0 amide bonds. The monoisotopic (exact) mass is 240 g/mol. The van der Waals surface area contributed by atoms with Gasteiger partial charge in [0, 0.05) is 22.7 Å². The van der Waals surface area contributed by atoms with Crippen molar-refractivity contribution in [1.82, 2.24) is 15.2 Å². The van der Waals surface area contributed by atoms with E-state index in [0.29, 0.717) is 16.9 Å². The molecule has 0 spiro atoms. The summed E-state index contributed by atoms with van der Waals surface area (Å²) in [7, 11) is 0. The molecule has 1 unspecified atom stereocenters. The molecule has 0 aliphatic rings. The molecule has 2 aromatic heterocycles. The molecule has 1 aromatic carbocycles. The Balaban J connectivity index is 2.07. The van der Waals surface area contributed by atoms with Gasteiger partial charge in [0.05, 0.1) is 11.7 Å². The van der Waals surface area contributed by atoms with E-state index < -0.39 is 6.10 Å². The highest BCUT2D eigenvalue weighted by atomic mass is 16.3. The number of fused-ring (bicyclic) bond motifs is 1. The van der Waals surface area contributed by atoms with Crippen molar-refractivity contribution in [2.24, 2.45) is 0 Å². The van der Waals surface area contributed by atoms with E-state index in [1.165, 1.54) is 6.20 Å². The second kappa shape index (κ2) is 4.12. The number of aromatic amines is 1. The summed E-state index contributed by atoms with van der Waals surface area (Å²) in [4.78, 5) is 4.31. The second-order valence-electron chi connectivity index (χ2n) is 4.10. The Kier molecular flexibility index (Phi) is 2.46. The summed E-state index contributed by atoms with van der Waals surface area (Å²) < 4.78 is 0. The number of rotatable bonds is 2. The molecule has 4 N–H and O–H groups in total. The number of para-hydroxylation sites is 1. The van der Waals surface area contributed by atoms with Gasteiger partial charge in [0.15, 0.2) is 0 Å². The molecule has 5 nitrogen and oxygen atoms in total. The predicted octanol–water partition coefficient (Wildman–Crippen LogP) is 1.62. The predicted molar refractivity (Wildman–Crippen MR) is 68.8 cm³/mol. The van der Waals surface area contributed by atoms with Crippen molar-refractivity contribution in [2.45, 2.75) is 6.10 Å². The van der Waals surface area contributed by atoms with Crippen molar-refractivity contribution in [3.63, 3.8) is 0 Å². The highest BCUT2D eigenvalue weighted by Gasteiger charge is 2.15. The van der Waals surface area contributed by atoms with Gasteiger partial charge in [-0.2, -0.15) is 5.10 Å². The molecule has 0 bridgehead atoms. The molecule has 0 saturated heterocycles. The fraction of sp³-hybridized carbons (Fsp3) is 0.0769. The molecule has 1 atom stereocenters. The van der Waals surface area contributed by atoms with Gasteiger partial charge in [-0.25, -0.2) is 0 Å². The van der Waals surface area contributed by atoms with Crippen LogP contribution in [0.25, 0.3) is 10.9 Å². The number of pyridine rings is 1. The normalized spacial score (nSPS) is 12.7. The summed E-state index contributed by atoms with van der Waals surface area (Å²) in [5, 5.41) is 17.6. The van der Waals surface area contributed by atoms with E-state index in [4.69, 9.17) is 5.73 Å². The topological polar surface area (TPSA) is 87.8 Å². The van der Waals surface area contributed by atoms with Gasteiger partial charge in [-0.1, -0.05) is 18.2 Å². The molecule has 0 aliphatic heterocycles. The molecule has 3 aromatic rings.